The zero-order valence-corrected chi connectivity index (χ0v) is 54.7. The van der Waals surface area contributed by atoms with Gasteiger partial charge in [0, 0.05) is 12.8 Å². The molecule has 0 aromatic rings. The molecule has 84 heavy (non-hydrogen) atoms. The normalized spacial score (nSPS) is 14.3. The predicted molar refractivity (Wildman–Crippen MR) is 360 cm³/mol. The van der Waals surface area contributed by atoms with Crippen LogP contribution in [0.5, 0.6) is 0 Å². The lowest BCUT2D eigenvalue weighted by atomic mass is 10.0. The Balaban J connectivity index is 4.13. The fourth-order valence-electron chi connectivity index (χ4n) is 8.26. The largest absolute Gasteiger partial charge is 0.756 e. The summed E-state index contributed by atoms with van der Waals surface area (Å²) in [6, 6.07) is 0. The molecule has 0 aliphatic rings. The molecule has 2 atom stereocenters. The second-order valence-corrected chi connectivity index (χ2v) is 23.8. The Kier molecular flexibility index (Phi) is 59.4. The number of unbranched alkanes of at least 4 members (excludes halogenated alkanes) is 16. The van der Waals surface area contributed by atoms with Crippen molar-refractivity contribution in [1.29, 1.82) is 0 Å². The SMILES string of the molecule is CC/C=C\C/C=C\C/C=C\C/C=C\C/C=C\C/C=C\C/C=C\C/C=C\CCCCCCCCCCCCCCCCC(=O)OC(COC(=O)CCCC/C=C\C/C=C\C/C=C\C/C=C\C/C=C\C/C=C\CC)COP(=O)([O-])OCC[N+](C)(C)C. The minimum Gasteiger partial charge on any atom is -0.756 e. The summed E-state index contributed by atoms with van der Waals surface area (Å²) in [5, 5.41) is 0. The van der Waals surface area contributed by atoms with Crippen LogP contribution in [0, 0.1) is 0 Å². The maximum Gasteiger partial charge on any atom is 0.306 e. The molecule has 0 aromatic heterocycles. The molecule has 2 unspecified atom stereocenters. The average Bonchev–Trinajstić information content (AvgIpc) is 3.61. The summed E-state index contributed by atoms with van der Waals surface area (Å²) in [4.78, 5) is 38.0. The number of ether oxygens (including phenoxy) is 2. The molecule has 0 fully saturated rings. The van der Waals surface area contributed by atoms with Crippen LogP contribution < -0.4 is 4.89 Å². The van der Waals surface area contributed by atoms with E-state index in [1.54, 1.807) is 0 Å². The summed E-state index contributed by atoms with van der Waals surface area (Å²) in [6.45, 7) is 3.94. The van der Waals surface area contributed by atoms with Gasteiger partial charge in [0.05, 0.1) is 27.7 Å². The quantitative estimate of drug-likeness (QED) is 0.0195. The molecule has 0 heterocycles. The first-order valence-corrected chi connectivity index (χ1v) is 34.3. The van der Waals surface area contributed by atoms with Crippen LogP contribution in [0.15, 0.2) is 170 Å². The molecule has 0 saturated carbocycles. The van der Waals surface area contributed by atoms with Crippen molar-refractivity contribution >= 4 is 19.8 Å². The molecule has 0 radical (unpaired) electrons. The van der Waals surface area contributed by atoms with Gasteiger partial charge in [-0.05, 0) is 128 Å². The third kappa shape index (κ3) is 66.5. The van der Waals surface area contributed by atoms with E-state index in [2.05, 4.69) is 184 Å². The highest BCUT2D eigenvalue weighted by molar-refractivity contribution is 7.45. The summed E-state index contributed by atoms with van der Waals surface area (Å²) >= 11 is 0. The first kappa shape index (κ1) is 79.4. The van der Waals surface area contributed by atoms with Crippen LogP contribution in [-0.2, 0) is 32.7 Å². The van der Waals surface area contributed by atoms with Gasteiger partial charge < -0.3 is 27.9 Å². The van der Waals surface area contributed by atoms with Crippen molar-refractivity contribution in [3.63, 3.8) is 0 Å². The lowest BCUT2D eigenvalue weighted by Crippen LogP contribution is -2.37. The number of hydrogen-bond donors (Lipinski definition) is 0. The van der Waals surface area contributed by atoms with Gasteiger partial charge in [-0.25, -0.2) is 0 Å². The number of rotatable bonds is 58. The number of carbonyl (C=O) groups excluding carboxylic acids is 2. The van der Waals surface area contributed by atoms with E-state index in [0.29, 0.717) is 23.9 Å². The average molecular weight is 1180 g/mol. The molecule has 0 spiro atoms. The number of phosphoric acid groups is 1. The van der Waals surface area contributed by atoms with Crippen molar-refractivity contribution in [1.82, 2.24) is 0 Å². The number of allylic oxidation sites excluding steroid dienone is 28. The monoisotopic (exact) mass is 1180 g/mol. The molecule has 0 bridgehead atoms. The Morgan fingerprint density at radius 1 is 0.369 bits per heavy atom. The number of esters is 2. The molecule has 0 saturated heterocycles. The van der Waals surface area contributed by atoms with Crippen LogP contribution in [-0.4, -0.2) is 70.0 Å². The summed E-state index contributed by atoms with van der Waals surface area (Å²) in [5.41, 5.74) is 0. The fraction of sp³-hybridized carbons (Fsp3) is 0.595. The summed E-state index contributed by atoms with van der Waals surface area (Å²) in [6.07, 6.45) is 95.7. The van der Waals surface area contributed by atoms with Gasteiger partial charge in [0.15, 0.2) is 6.10 Å². The Labute approximate surface area is 515 Å². The first-order valence-electron chi connectivity index (χ1n) is 32.8. The van der Waals surface area contributed by atoms with E-state index in [9.17, 15) is 19.0 Å². The van der Waals surface area contributed by atoms with Crippen LogP contribution in [0.4, 0.5) is 0 Å². The van der Waals surface area contributed by atoms with Crippen molar-refractivity contribution in [3.8, 4) is 0 Å². The van der Waals surface area contributed by atoms with E-state index >= 15 is 0 Å². The predicted octanol–water partition coefficient (Wildman–Crippen LogP) is 20.7. The minimum absolute atomic E-state index is 0.0465. The Bertz CT molecular complexity index is 2020. The molecule has 0 aromatic carbocycles. The minimum atomic E-state index is -4.66. The van der Waals surface area contributed by atoms with Gasteiger partial charge in [0.25, 0.3) is 7.82 Å². The lowest BCUT2D eigenvalue weighted by molar-refractivity contribution is -0.870. The van der Waals surface area contributed by atoms with E-state index in [-0.39, 0.29) is 26.1 Å². The lowest BCUT2D eigenvalue weighted by Gasteiger charge is -2.28. The molecular weight excluding hydrogens is 1060 g/mol. The van der Waals surface area contributed by atoms with Crippen LogP contribution in [0.25, 0.3) is 0 Å². The summed E-state index contributed by atoms with van der Waals surface area (Å²) in [5.74, 6) is -0.895. The molecule has 0 N–H and O–H groups in total. The smallest absolute Gasteiger partial charge is 0.306 e. The number of quaternary nitrogens is 1. The fourth-order valence-corrected chi connectivity index (χ4v) is 8.99. The number of carbonyl (C=O) groups is 2. The van der Waals surface area contributed by atoms with Crippen LogP contribution in [0.2, 0.25) is 0 Å². The third-order valence-corrected chi connectivity index (χ3v) is 14.2. The number of phosphoric ester groups is 1. The highest BCUT2D eigenvalue weighted by Gasteiger charge is 2.22. The van der Waals surface area contributed by atoms with Crippen LogP contribution in [0.1, 0.15) is 232 Å². The van der Waals surface area contributed by atoms with Gasteiger partial charge in [0.2, 0.25) is 0 Å². The van der Waals surface area contributed by atoms with Crippen molar-refractivity contribution in [2.45, 2.75) is 238 Å². The van der Waals surface area contributed by atoms with Gasteiger partial charge in [-0.15, -0.1) is 0 Å². The number of likely N-dealkylation sites (N-methyl/N-ethyl adjacent to an activating group) is 1. The zero-order valence-electron chi connectivity index (χ0n) is 53.8. The van der Waals surface area contributed by atoms with Crippen LogP contribution in [0.3, 0.4) is 0 Å². The number of nitrogens with zero attached hydrogens (tertiary/aromatic N) is 1. The van der Waals surface area contributed by atoms with Crippen molar-refractivity contribution in [2.75, 3.05) is 47.5 Å². The van der Waals surface area contributed by atoms with Gasteiger partial charge in [0.1, 0.15) is 19.8 Å². The molecule has 0 aliphatic carbocycles. The molecule has 9 nitrogen and oxygen atoms in total. The third-order valence-electron chi connectivity index (χ3n) is 13.2. The van der Waals surface area contributed by atoms with E-state index in [0.717, 1.165) is 122 Å². The molecule has 0 rings (SSSR count). The van der Waals surface area contributed by atoms with Gasteiger partial charge in [-0.3, -0.25) is 14.2 Å². The van der Waals surface area contributed by atoms with E-state index in [1.165, 1.54) is 70.6 Å². The topological polar surface area (TPSA) is 111 Å². The summed E-state index contributed by atoms with van der Waals surface area (Å²) in [7, 11) is 1.12. The van der Waals surface area contributed by atoms with E-state index in [1.807, 2.05) is 21.1 Å². The maximum atomic E-state index is 12.8. The number of hydrogen-bond acceptors (Lipinski definition) is 8. The van der Waals surface area contributed by atoms with Crippen LogP contribution >= 0.6 is 7.82 Å². The standard InChI is InChI=1S/C74H120NO8P/c1-6-8-10-12-14-16-18-20-22-24-26-28-29-30-31-32-33-34-35-36-37-38-39-40-41-42-43-44-45-47-49-51-53-55-57-59-61-63-65-67-74(77)83-72(71-82-84(78,79)81-69-68-75(3,4)5)70-80-73(76)66-64-62-60-58-56-54-52-50-48-46-27-25-23-21-19-17-15-13-11-9-7-2/h8-11,14-17,20-23,26-28,30-31,33-34,36-37,39-40,46,50,52,56,58,72H,6-7,12-13,18-19,24-25,29,32,35,38,41-45,47-49,51,53-55,57,59-71H2,1-5H3/b10-8-,11-9-,16-14-,17-15-,22-20-,23-21-,28-26-,31-30-,34-33-,37-36-,40-39-,46-27-,52-50-,58-56-. The Hall–Kier alpha value is -4.63. The van der Waals surface area contributed by atoms with Crippen molar-refractivity contribution in [2.24, 2.45) is 0 Å². The molecular formula is C74H120NO8P. The summed E-state index contributed by atoms with van der Waals surface area (Å²) < 4.78 is 34.2. The van der Waals surface area contributed by atoms with Crippen molar-refractivity contribution in [3.05, 3.63) is 170 Å². The Morgan fingerprint density at radius 2 is 0.643 bits per heavy atom. The van der Waals surface area contributed by atoms with E-state index < -0.39 is 32.5 Å². The second-order valence-electron chi connectivity index (χ2n) is 22.4. The van der Waals surface area contributed by atoms with Gasteiger partial charge in [-0.2, -0.15) is 0 Å². The van der Waals surface area contributed by atoms with Crippen molar-refractivity contribution < 1.29 is 42.1 Å². The maximum absolute atomic E-state index is 12.8. The second kappa shape index (κ2) is 62.9. The highest BCUT2D eigenvalue weighted by atomic mass is 31.2. The van der Waals surface area contributed by atoms with Gasteiger partial charge in [-0.1, -0.05) is 261 Å². The zero-order chi connectivity index (χ0) is 61.2. The molecule has 0 aliphatic heterocycles. The highest BCUT2D eigenvalue weighted by Crippen LogP contribution is 2.38. The molecule has 0 amide bonds. The van der Waals surface area contributed by atoms with Gasteiger partial charge >= 0.3 is 11.9 Å². The molecule has 474 valence electrons. The Morgan fingerprint density at radius 3 is 0.976 bits per heavy atom. The first-order chi connectivity index (χ1) is 41.0. The van der Waals surface area contributed by atoms with E-state index in [4.69, 9.17) is 18.5 Å². The molecule has 10 heteroatoms.